The van der Waals surface area contributed by atoms with Crippen molar-refractivity contribution < 1.29 is 19.1 Å². The molecule has 0 aliphatic carbocycles. The van der Waals surface area contributed by atoms with Gasteiger partial charge in [0.15, 0.2) is 11.5 Å². The number of hydrogen-bond donors (Lipinski definition) is 1. The SMILES string of the molecule is CCCOc1ccc(C(=O)N(C)CC(=O)Nc2c(C)cccc2C)cc1OCC. The molecule has 29 heavy (non-hydrogen) atoms. The van der Waals surface area contributed by atoms with E-state index >= 15 is 0 Å². The van der Waals surface area contributed by atoms with Gasteiger partial charge >= 0.3 is 0 Å². The molecule has 156 valence electrons. The van der Waals surface area contributed by atoms with Gasteiger partial charge in [0, 0.05) is 18.3 Å². The number of anilines is 1. The number of aryl methyl sites for hydroxylation is 2. The minimum absolute atomic E-state index is 0.0509. The van der Waals surface area contributed by atoms with E-state index in [0.29, 0.717) is 30.3 Å². The van der Waals surface area contributed by atoms with Crippen molar-refractivity contribution in [1.82, 2.24) is 4.90 Å². The average Bonchev–Trinajstić information content (AvgIpc) is 2.69. The zero-order chi connectivity index (χ0) is 21.4. The fourth-order valence-corrected chi connectivity index (χ4v) is 2.94. The summed E-state index contributed by atoms with van der Waals surface area (Å²) in [5.74, 6) is 0.636. The van der Waals surface area contributed by atoms with E-state index < -0.39 is 0 Å². The van der Waals surface area contributed by atoms with E-state index in [1.807, 2.05) is 45.9 Å². The van der Waals surface area contributed by atoms with Gasteiger partial charge in [-0.05, 0) is 56.5 Å². The van der Waals surface area contributed by atoms with Crippen LogP contribution in [0.4, 0.5) is 5.69 Å². The maximum Gasteiger partial charge on any atom is 0.254 e. The third-order valence-electron chi connectivity index (χ3n) is 4.43. The summed E-state index contributed by atoms with van der Waals surface area (Å²) in [5, 5.41) is 2.90. The molecule has 0 bridgehead atoms. The molecule has 2 aromatic carbocycles. The van der Waals surface area contributed by atoms with E-state index in [0.717, 1.165) is 23.2 Å². The molecule has 0 saturated heterocycles. The Morgan fingerprint density at radius 1 is 1.00 bits per heavy atom. The van der Waals surface area contributed by atoms with Gasteiger partial charge in [-0.2, -0.15) is 0 Å². The topological polar surface area (TPSA) is 67.9 Å². The highest BCUT2D eigenvalue weighted by molar-refractivity contribution is 6.00. The first-order valence-corrected chi connectivity index (χ1v) is 9.88. The minimum atomic E-state index is -0.260. The molecule has 1 N–H and O–H groups in total. The van der Waals surface area contributed by atoms with Crippen LogP contribution in [0.15, 0.2) is 36.4 Å². The first-order valence-electron chi connectivity index (χ1n) is 9.88. The molecule has 0 aliphatic heterocycles. The number of benzene rings is 2. The normalized spacial score (nSPS) is 10.4. The molecule has 0 saturated carbocycles. The molecule has 2 aromatic rings. The molecule has 0 atom stereocenters. The van der Waals surface area contributed by atoms with E-state index in [9.17, 15) is 9.59 Å². The van der Waals surface area contributed by atoms with Crippen LogP contribution in [-0.2, 0) is 4.79 Å². The van der Waals surface area contributed by atoms with Crippen LogP contribution in [-0.4, -0.2) is 43.5 Å². The molecule has 0 aromatic heterocycles. The molecule has 0 radical (unpaired) electrons. The van der Waals surface area contributed by atoms with Gasteiger partial charge in [0.05, 0.1) is 19.8 Å². The number of carbonyl (C=O) groups excluding carboxylic acids is 2. The standard InChI is InChI=1S/C23H30N2O4/c1-6-13-29-19-12-11-18(14-20(19)28-7-2)23(27)25(5)15-21(26)24-22-16(3)9-8-10-17(22)4/h8-12,14H,6-7,13,15H2,1-5H3,(H,24,26). The van der Waals surface area contributed by atoms with Gasteiger partial charge in [-0.1, -0.05) is 25.1 Å². The van der Waals surface area contributed by atoms with Crippen molar-refractivity contribution >= 4 is 17.5 Å². The summed E-state index contributed by atoms with van der Waals surface area (Å²) in [4.78, 5) is 26.6. The quantitative estimate of drug-likeness (QED) is 0.687. The van der Waals surface area contributed by atoms with Crippen molar-refractivity contribution in [3.05, 3.63) is 53.1 Å². The lowest BCUT2D eigenvalue weighted by atomic mass is 10.1. The minimum Gasteiger partial charge on any atom is -0.490 e. The van der Waals surface area contributed by atoms with Gasteiger partial charge in [0.2, 0.25) is 5.91 Å². The Hall–Kier alpha value is -3.02. The highest BCUT2D eigenvalue weighted by atomic mass is 16.5. The highest BCUT2D eigenvalue weighted by Gasteiger charge is 2.18. The number of nitrogens with zero attached hydrogens (tertiary/aromatic N) is 1. The summed E-state index contributed by atoms with van der Waals surface area (Å²) in [7, 11) is 1.61. The molecule has 6 nitrogen and oxygen atoms in total. The number of nitrogens with one attached hydrogen (secondary N) is 1. The number of carbonyl (C=O) groups is 2. The molecule has 0 unspecified atom stereocenters. The number of likely N-dealkylation sites (N-methyl/N-ethyl adjacent to an activating group) is 1. The monoisotopic (exact) mass is 398 g/mol. The molecule has 0 heterocycles. The number of hydrogen-bond acceptors (Lipinski definition) is 4. The summed E-state index contributed by atoms with van der Waals surface area (Å²) in [6, 6.07) is 10.9. The van der Waals surface area contributed by atoms with Crippen molar-refractivity contribution in [2.24, 2.45) is 0 Å². The van der Waals surface area contributed by atoms with Crippen LogP contribution in [0.5, 0.6) is 11.5 Å². The van der Waals surface area contributed by atoms with Crippen molar-refractivity contribution in [3.63, 3.8) is 0 Å². The molecule has 0 spiro atoms. The Kier molecular flexibility index (Phi) is 8.07. The van der Waals surface area contributed by atoms with Crippen LogP contribution in [0.3, 0.4) is 0 Å². The average molecular weight is 399 g/mol. The summed E-state index contributed by atoms with van der Waals surface area (Å²) in [6.07, 6.45) is 0.879. The Morgan fingerprint density at radius 2 is 1.69 bits per heavy atom. The van der Waals surface area contributed by atoms with E-state index in [-0.39, 0.29) is 18.4 Å². The van der Waals surface area contributed by atoms with Crippen molar-refractivity contribution in [2.75, 3.05) is 32.1 Å². The number of amides is 2. The van der Waals surface area contributed by atoms with Crippen LogP contribution in [0.2, 0.25) is 0 Å². The molecule has 0 fully saturated rings. The Labute approximate surface area is 172 Å². The number of rotatable bonds is 9. The summed E-state index contributed by atoms with van der Waals surface area (Å²) in [6.45, 7) is 8.77. The molecular formula is C23H30N2O4. The van der Waals surface area contributed by atoms with E-state index in [4.69, 9.17) is 9.47 Å². The summed E-state index contributed by atoms with van der Waals surface area (Å²) < 4.78 is 11.3. The van der Waals surface area contributed by atoms with Gasteiger partial charge in [-0.25, -0.2) is 0 Å². The van der Waals surface area contributed by atoms with Crippen molar-refractivity contribution in [3.8, 4) is 11.5 Å². The summed E-state index contributed by atoms with van der Waals surface area (Å²) >= 11 is 0. The zero-order valence-electron chi connectivity index (χ0n) is 17.9. The smallest absolute Gasteiger partial charge is 0.254 e. The lowest BCUT2D eigenvalue weighted by molar-refractivity contribution is -0.116. The Morgan fingerprint density at radius 3 is 2.31 bits per heavy atom. The van der Waals surface area contributed by atoms with Crippen LogP contribution in [0, 0.1) is 13.8 Å². The van der Waals surface area contributed by atoms with E-state index in [2.05, 4.69) is 5.32 Å². The van der Waals surface area contributed by atoms with Crippen LogP contribution in [0.25, 0.3) is 0 Å². The molecule has 6 heteroatoms. The van der Waals surface area contributed by atoms with E-state index in [1.54, 1.807) is 25.2 Å². The first-order chi connectivity index (χ1) is 13.9. The van der Waals surface area contributed by atoms with Crippen molar-refractivity contribution in [1.29, 1.82) is 0 Å². The van der Waals surface area contributed by atoms with Gasteiger partial charge in [-0.3, -0.25) is 9.59 Å². The van der Waals surface area contributed by atoms with Crippen LogP contribution >= 0.6 is 0 Å². The Bertz CT molecular complexity index is 844. The Balaban J connectivity index is 2.08. The molecule has 2 rings (SSSR count). The van der Waals surface area contributed by atoms with Gasteiger partial charge in [-0.15, -0.1) is 0 Å². The van der Waals surface area contributed by atoms with E-state index in [1.165, 1.54) is 4.90 Å². The fraction of sp³-hybridized carbons (Fsp3) is 0.391. The maximum absolute atomic E-state index is 12.8. The molecule has 0 aliphatic rings. The van der Waals surface area contributed by atoms with Gasteiger partial charge in [0.25, 0.3) is 5.91 Å². The predicted molar refractivity (Wildman–Crippen MR) is 115 cm³/mol. The lowest BCUT2D eigenvalue weighted by Gasteiger charge is -2.19. The molecular weight excluding hydrogens is 368 g/mol. The fourth-order valence-electron chi connectivity index (χ4n) is 2.94. The lowest BCUT2D eigenvalue weighted by Crippen LogP contribution is -2.35. The third kappa shape index (κ3) is 5.98. The summed E-state index contributed by atoms with van der Waals surface area (Å²) in [5.41, 5.74) is 3.20. The zero-order valence-corrected chi connectivity index (χ0v) is 17.9. The van der Waals surface area contributed by atoms with Gasteiger partial charge in [0.1, 0.15) is 0 Å². The predicted octanol–water partition coefficient (Wildman–Crippen LogP) is 4.20. The van der Waals surface area contributed by atoms with Crippen LogP contribution in [0.1, 0.15) is 41.8 Å². The second kappa shape index (κ2) is 10.5. The second-order valence-electron chi connectivity index (χ2n) is 6.92. The third-order valence-corrected chi connectivity index (χ3v) is 4.43. The number of para-hydroxylation sites is 1. The van der Waals surface area contributed by atoms with Gasteiger partial charge < -0.3 is 19.7 Å². The van der Waals surface area contributed by atoms with Crippen molar-refractivity contribution in [2.45, 2.75) is 34.1 Å². The highest BCUT2D eigenvalue weighted by Crippen LogP contribution is 2.29. The van der Waals surface area contributed by atoms with Crippen LogP contribution < -0.4 is 14.8 Å². The second-order valence-corrected chi connectivity index (χ2v) is 6.92. The largest absolute Gasteiger partial charge is 0.490 e. The maximum atomic E-state index is 12.8. The number of ether oxygens (including phenoxy) is 2. The first kappa shape index (κ1) is 22.3. The molecule has 2 amide bonds.